The number of carbonyl (C=O) groups is 1. The van der Waals surface area contributed by atoms with Crippen molar-refractivity contribution < 1.29 is 4.79 Å². The number of hydrogen-bond donors (Lipinski definition) is 0. The fraction of sp³-hybridized carbons (Fsp3) is 0.432. The number of allylic oxidation sites excluding steroid dienone is 2. The molecule has 39 heavy (non-hydrogen) atoms. The highest BCUT2D eigenvalue weighted by atomic mass is 16.1. The molecule has 1 atom stereocenters. The molecule has 1 aliphatic heterocycles. The number of carbonyl (C=O) groups excluding carboxylic acids is 1. The molecule has 0 aromatic heterocycles. The zero-order valence-electron chi connectivity index (χ0n) is 23.8. The van der Waals surface area contributed by atoms with Crippen molar-refractivity contribution in [1.29, 1.82) is 0 Å². The SMILES string of the molecule is CC(=O)c1ccc(CC2=C(C)CC(CC3CCN(Cc4ccc(C5CC5)cc4)CC3)Cc3ccccc32)cc1. The van der Waals surface area contributed by atoms with Crippen molar-refractivity contribution in [3.05, 3.63) is 112 Å². The van der Waals surface area contributed by atoms with E-state index in [1.807, 2.05) is 12.1 Å². The van der Waals surface area contributed by atoms with E-state index in [-0.39, 0.29) is 5.78 Å². The van der Waals surface area contributed by atoms with Gasteiger partial charge in [-0.1, -0.05) is 78.4 Å². The Kier molecular flexibility index (Phi) is 7.84. The minimum absolute atomic E-state index is 0.132. The van der Waals surface area contributed by atoms with E-state index >= 15 is 0 Å². The van der Waals surface area contributed by atoms with E-state index in [1.165, 1.54) is 85.9 Å². The van der Waals surface area contributed by atoms with Gasteiger partial charge in [0.15, 0.2) is 5.78 Å². The summed E-state index contributed by atoms with van der Waals surface area (Å²) in [5.41, 5.74) is 11.1. The van der Waals surface area contributed by atoms with E-state index in [9.17, 15) is 4.79 Å². The topological polar surface area (TPSA) is 20.3 Å². The van der Waals surface area contributed by atoms with Gasteiger partial charge < -0.3 is 0 Å². The minimum Gasteiger partial charge on any atom is -0.299 e. The number of rotatable bonds is 8. The minimum atomic E-state index is 0.132. The molecule has 0 spiro atoms. The predicted octanol–water partition coefficient (Wildman–Crippen LogP) is 8.65. The number of hydrogen-bond acceptors (Lipinski definition) is 2. The van der Waals surface area contributed by atoms with Gasteiger partial charge >= 0.3 is 0 Å². The summed E-state index contributed by atoms with van der Waals surface area (Å²) in [5, 5.41) is 0. The van der Waals surface area contributed by atoms with Crippen LogP contribution in [-0.2, 0) is 19.4 Å². The molecule has 202 valence electrons. The smallest absolute Gasteiger partial charge is 0.159 e. The number of nitrogens with zero attached hydrogens (tertiary/aromatic N) is 1. The molecule has 0 bridgehead atoms. The molecule has 0 N–H and O–H groups in total. The van der Waals surface area contributed by atoms with Gasteiger partial charge in [-0.3, -0.25) is 9.69 Å². The Hall–Kier alpha value is -2.97. The Morgan fingerprint density at radius 1 is 0.795 bits per heavy atom. The lowest BCUT2D eigenvalue weighted by molar-refractivity contribution is 0.101. The number of likely N-dealkylation sites (tertiary alicyclic amines) is 1. The zero-order chi connectivity index (χ0) is 26.8. The molecule has 0 radical (unpaired) electrons. The summed E-state index contributed by atoms with van der Waals surface area (Å²) in [7, 11) is 0. The first-order chi connectivity index (χ1) is 19.0. The highest BCUT2D eigenvalue weighted by molar-refractivity contribution is 5.94. The van der Waals surface area contributed by atoms with Gasteiger partial charge in [0.1, 0.15) is 0 Å². The van der Waals surface area contributed by atoms with Crippen molar-refractivity contribution in [2.45, 2.75) is 77.7 Å². The quantitative estimate of drug-likeness (QED) is 0.279. The Balaban J connectivity index is 1.08. The molecule has 2 fully saturated rings. The molecule has 1 saturated heterocycles. The van der Waals surface area contributed by atoms with E-state index in [2.05, 4.69) is 72.5 Å². The summed E-state index contributed by atoms with van der Waals surface area (Å²) in [6, 6.07) is 26.8. The second-order valence-corrected chi connectivity index (χ2v) is 12.6. The first-order valence-electron chi connectivity index (χ1n) is 15.2. The summed E-state index contributed by atoms with van der Waals surface area (Å²) in [6.45, 7) is 7.57. The van der Waals surface area contributed by atoms with Crippen LogP contribution in [0, 0.1) is 11.8 Å². The Morgan fingerprint density at radius 3 is 2.18 bits per heavy atom. The number of ketones is 1. The standard InChI is InChI=1S/C37H43NO/c1-26-21-31(22-29-17-19-38(20-18-29)25-30-9-13-33(14-10-30)34-15-16-34)23-35-5-3-4-6-36(35)37(26)24-28-7-11-32(12-8-28)27(2)39/h3-14,29,31,34H,15-25H2,1-2H3. The van der Waals surface area contributed by atoms with Gasteiger partial charge in [0, 0.05) is 12.1 Å². The summed E-state index contributed by atoms with van der Waals surface area (Å²) < 4.78 is 0. The molecule has 0 amide bonds. The third-order valence-corrected chi connectivity index (χ3v) is 9.51. The predicted molar refractivity (Wildman–Crippen MR) is 162 cm³/mol. The second kappa shape index (κ2) is 11.6. The largest absolute Gasteiger partial charge is 0.299 e. The van der Waals surface area contributed by atoms with Crippen LogP contribution in [0.25, 0.3) is 5.57 Å². The maximum atomic E-state index is 11.7. The van der Waals surface area contributed by atoms with Gasteiger partial charge in [0.2, 0.25) is 0 Å². The maximum Gasteiger partial charge on any atom is 0.159 e. The van der Waals surface area contributed by atoms with E-state index in [4.69, 9.17) is 0 Å². The summed E-state index contributed by atoms with van der Waals surface area (Å²) in [4.78, 5) is 14.4. The molecule has 2 nitrogen and oxygen atoms in total. The monoisotopic (exact) mass is 517 g/mol. The summed E-state index contributed by atoms with van der Waals surface area (Å²) >= 11 is 0. The lowest BCUT2D eigenvalue weighted by Gasteiger charge is -2.33. The Bertz CT molecular complexity index is 1320. The van der Waals surface area contributed by atoms with Gasteiger partial charge in [-0.15, -0.1) is 0 Å². The number of piperidine rings is 1. The van der Waals surface area contributed by atoms with E-state index in [1.54, 1.807) is 18.1 Å². The lowest BCUT2D eigenvalue weighted by Crippen LogP contribution is -2.34. The van der Waals surface area contributed by atoms with Crippen molar-refractivity contribution in [2.75, 3.05) is 13.1 Å². The molecular weight excluding hydrogens is 474 g/mol. The normalized spacial score (nSPS) is 20.5. The van der Waals surface area contributed by atoms with Gasteiger partial charge in [0.05, 0.1) is 0 Å². The third-order valence-electron chi connectivity index (χ3n) is 9.51. The van der Waals surface area contributed by atoms with Crippen molar-refractivity contribution in [2.24, 2.45) is 11.8 Å². The van der Waals surface area contributed by atoms with Crippen LogP contribution in [-0.4, -0.2) is 23.8 Å². The highest BCUT2D eigenvalue weighted by Gasteiger charge is 2.27. The molecule has 2 aliphatic carbocycles. The Labute approximate surface area is 235 Å². The maximum absolute atomic E-state index is 11.7. The van der Waals surface area contributed by atoms with Gasteiger partial charge in [-0.05, 0) is 129 Å². The number of benzene rings is 3. The van der Waals surface area contributed by atoms with Crippen LogP contribution in [0.2, 0.25) is 0 Å². The molecule has 6 rings (SSSR count). The molecule has 3 aromatic rings. The number of Topliss-reactive ketones (excluding diaryl/α,β-unsaturated/α-hetero) is 1. The highest BCUT2D eigenvalue weighted by Crippen LogP contribution is 2.40. The van der Waals surface area contributed by atoms with Gasteiger partial charge in [-0.2, -0.15) is 0 Å². The first-order valence-corrected chi connectivity index (χ1v) is 15.2. The van der Waals surface area contributed by atoms with Gasteiger partial charge in [0.25, 0.3) is 0 Å². The molecule has 1 saturated carbocycles. The summed E-state index contributed by atoms with van der Waals surface area (Å²) in [6.07, 6.45) is 10.1. The van der Waals surface area contributed by atoms with Crippen LogP contribution in [0.15, 0.2) is 78.4 Å². The van der Waals surface area contributed by atoms with Crippen molar-refractivity contribution >= 4 is 11.4 Å². The van der Waals surface area contributed by atoms with E-state index in [0.717, 1.165) is 36.3 Å². The van der Waals surface area contributed by atoms with E-state index < -0.39 is 0 Å². The van der Waals surface area contributed by atoms with Crippen molar-refractivity contribution in [3.8, 4) is 0 Å². The van der Waals surface area contributed by atoms with Crippen molar-refractivity contribution in [3.63, 3.8) is 0 Å². The molecular formula is C37H43NO. The number of fused-ring (bicyclic) bond motifs is 1. The fourth-order valence-electron chi connectivity index (χ4n) is 7.06. The zero-order valence-corrected chi connectivity index (χ0v) is 23.8. The lowest BCUT2D eigenvalue weighted by atomic mass is 9.82. The third kappa shape index (κ3) is 6.44. The van der Waals surface area contributed by atoms with Crippen LogP contribution in [0.3, 0.4) is 0 Å². The fourth-order valence-corrected chi connectivity index (χ4v) is 7.06. The van der Waals surface area contributed by atoms with E-state index in [0.29, 0.717) is 0 Å². The molecule has 1 heterocycles. The second-order valence-electron chi connectivity index (χ2n) is 12.6. The van der Waals surface area contributed by atoms with Crippen LogP contribution in [0.4, 0.5) is 0 Å². The molecule has 2 heteroatoms. The molecule has 3 aliphatic rings. The van der Waals surface area contributed by atoms with Gasteiger partial charge in [-0.25, -0.2) is 0 Å². The first kappa shape index (κ1) is 26.3. The van der Waals surface area contributed by atoms with Crippen LogP contribution in [0.5, 0.6) is 0 Å². The van der Waals surface area contributed by atoms with Crippen LogP contribution >= 0.6 is 0 Å². The Morgan fingerprint density at radius 2 is 1.49 bits per heavy atom. The molecule has 3 aromatic carbocycles. The average molecular weight is 518 g/mol. The van der Waals surface area contributed by atoms with Crippen molar-refractivity contribution in [1.82, 2.24) is 4.90 Å². The van der Waals surface area contributed by atoms with Crippen LogP contribution < -0.4 is 0 Å². The summed E-state index contributed by atoms with van der Waals surface area (Å²) in [5.74, 6) is 2.53. The van der Waals surface area contributed by atoms with Crippen LogP contribution in [0.1, 0.15) is 96.5 Å². The average Bonchev–Trinajstić information content (AvgIpc) is 3.80. The molecule has 1 unspecified atom stereocenters.